The van der Waals surface area contributed by atoms with E-state index in [1.165, 1.54) is 18.9 Å². The largest absolute Gasteiger partial charge is 0.504 e. The molecule has 0 radical (unpaired) electrons. The number of nitrogens with two attached hydrogens (primary N) is 1. The lowest BCUT2D eigenvalue weighted by atomic mass is 10.2. The summed E-state index contributed by atoms with van der Waals surface area (Å²) in [5.74, 6) is 0.585. The summed E-state index contributed by atoms with van der Waals surface area (Å²) >= 11 is 1.44. The first-order valence-corrected chi connectivity index (χ1v) is 8.89. The molecule has 4 rings (SSSR count). The molecule has 2 atom stereocenters. The minimum atomic E-state index is -0.719. The van der Waals surface area contributed by atoms with Crippen LogP contribution in [0.4, 0.5) is 11.6 Å². The number of methoxy groups -OCH3 is 1. The number of rotatable bonds is 4. The highest BCUT2D eigenvalue weighted by molar-refractivity contribution is 8.00. The first-order valence-electron chi connectivity index (χ1n) is 8.02. The molecule has 2 aromatic heterocycles. The van der Waals surface area contributed by atoms with E-state index in [1.54, 1.807) is 24.5 Å². The summed E-state index contributed by atoms with van der Waals surface area (Å²) < 4.78 is 5.15. The maximum absolute atomic E-state index is 10.8. The van der Waals surface area contributed by atoms with Gasteiger partial charge in [-0.2, -0.15) is 4.98 Å². The lowest BCUT2D eigenvalue weighted by Crippen LogP contribution is -2.33. The number of aromatic nitrogens is 4. The maximum Gasteiger partial charge on any atom is 0.223 e. The maximum atomic E-state index is 10.8. The van der Waals surface area contributed by atoms with Gasteiger partial charge in [0, 0.05) is 18.3 Å². The van der Waals surface area contributed by atoms with Crippen molar-refractivity contribution < 1.29 is 14.9 Å². The number of fused-ring (bicyclic) bond motifs is 1. The van der Waals surface area contributed by atoms with Gasteiger partial charge in [-0.25, -0.2) is 9.97 Å². The summed E-state index contributed by atoms with van der Waals surface area (Å²) in [5.41, 5.74) is 7.76. The van der Waals surface area contributed by atoms with Crippen LogP contribution >= 0.6 is 11.8 Å². The zero-order valence-electron chi connectivity index (χ0n) is 14.0. The molecule has 10 heteroatoms. The SMILES string of the molecule is COc1cc(N2CCC(Sc3nc(N)nc4nc[nH]c34)C2O)ccc1O. The minimum absolute atomic E-state index is 0.0639. The molecule has 1 saturated heterocycles. The molecular formula is C16H18N6O3S. The van der Waals surface area contributed by atoms with Crippen LogP contribution in [-0.4, -0.2) is 55.3 Å². The molecule has 3 aromatic rings. The van der Waals surface area contributed by atoms with Gasteiger partial charge in [-0.1, -0.05) is 11.8 Å². The Labute approximate surface area is 153 Å². The van der Waals surface area contributed by atoms with Gasteiger partial charge >= 0.3 is 0 Å². The normalized spacial score (nSPS) is 20.0. The number of anilines is 2. The monoisotopic (exact) mass is 374 g/mol. The van der Waals surface area contributed by atoms with Crippen LogP contribution in [-0.2, 0) is 0 Å². The molecule has 0 aliphatic carbocycles. The first kappa shape index (κ1) is 16.7. The second kappa shape index (κ2) is 6.54. The van der Waals surface area contributed by atoms with Crippen molar-refractivity contribution in [2.45, 2.75) is 22.9 Å². The summed E-state index contributed by atoms with van der Waals surface area (Å²) in [6.45, 7) is 0.666. The second-order valence-corrected chi connectivity index (χ2v) is 7.12. The van der Waals surface area contributed by atoms with Crippen LogP contribution < -0.4 is 15.4 Å². The number of hydrogen-bond donors (Lipinski definition) is 4. The standard InChI is InChI=1S/C16H18N6O3S/c1-25-10-6-8(2-3-9(10)23)22-5-4-11(15(22)24)26-14-12-13(19-7-18-12)20-16(17)21-14/h2-3,6-7,11,15,23-24H,4-5H2,1H3,(H3,17,18,19,20,21). The predicted octanol–water partition coefficient (Wildman–Crippen LogP) is 1.34. The van der Waals surface area contributed by atoms with E-state index in [1.807, 2.05) is 4.90 Å². The number of benzene rings is 1. The molecule has 0 saturated carbocycles. The van der Waals surface area contributed by atoms with Crippen LogP contribution in [0.3, 0.4) is 0 Å². The molecule has 1 aliphatic rings. The van der Waals surface area contributed by atoms with Gasteiger partial charge in [0.05, 0.1) is 18.7 Å². The van der Waals surface area contributed by atoms with Gasteiger partial charge in [0.25, 0.3) is 0 Å². The number of aromatic amines is 1. The van der Waals surface area contributed by atoms with E-state index in [2.05, 4.69) is 19.9 Å². The number of aliphatic hydroxyl groups is 1. The number of nitrogen functional groups attached to an aromatic ring is 1. The summed E-state index contributed by atoms with van der Waals surface area (Å²) in [6, 6.07) is 5.02. The molecule has 1 fully saturated rings. The number of thioether (sulfide) groups is 1. The fraction of sp³-hybridized carbons (Fsp3) is 0.312. The van der Waals surface area contributed by atoms with E-state index in [0.717, 1.165) is 12.1 Å². The number of nitrogens with zero attached hydrogens (tertiary/aromatic N) is 4. The Kier molecular flexibility index (Phi) is 4.21. The molecule has 0 bridgehead atoms. The number of imidazole rings is 1. The molecule has 9 nitrogen and oxygen atoms in total. The van der Waals surface area contributed by atoms with Crippen molar-refractivity contribution in [3.63, 3.8) is 0 Å². The third kappa shape index (κ3) is 2.86. The third-order valence-electron chi connectivity index (χ3n) is 4.33. The highest BCUT2D eigenvalue weighted by atomic mass is 32.2. The van der Waals surface area contributed by atoms with Crippen LogP contribution in [0, 0.1) is 0 Å². The smallest absolute Gasteiger partial charge is 0.223 e. The molecule has 2 unspecified atom stereocenters. The number of aliphatic hydroxyl groups excluding tert-OH is 1. The summed E-state index contributed by atoms with van der Waals surface area (Å²) in [7, 11) is 1.49. The molecule has 0 amide bonds. The van der Waals surface area contributed by atoms with Gasteiger partial charge in [0.15, 0.2) is 17.1 Å². The van der Waals surface area contributed by atoms with Crippen molar-refractivity contribution in [2.24, 2.45) is 0 Å². The topological polar surface area (TPSA) is 133 Å². The number of phenols is 1. The fourth-order valence-electron chi connectivity index (χ4n) is 3.05. The molecule has 136 valence electrons. The average molecular weight is 374 g/mol. The van der Waals surface area contributed by atoms with Crippen LogP contribution in [0.15, 0.2) is 29.6 Å². The number of aromatic hydroxyl groups is 1. The second-order valence-electron chi connectivity index (χ2n) is 5.90. The van der Waals surface area contributed by atoms with Crippen LogP contribution in [0.2, 0.25) is 0 Å². The van der Waals surface area contributed by atoms with Crippen molar-refractivity contribution in [3.05, 3.63) is 24.5 Å². The quantitative estimate of drug-likeness (QED) is 0.499. The number of nitrogens with one attached hydrogen (secondary N) is 1. The van der Waals surface area contributed by atoms with Gasteiger partial charge in [-0.3, -0.25) is 0 Å². The van der Waals surface area contributed by atoms with Gasteiger partial charge in [0.1, 0.15) is 16.8 Å². The van der Waals surface area contributed by atoms with Crippen LogP contribution in [0.25, 0.3) is 11.2 Å². The van der Waals surface area contributed by atoms with Crippen LogP contribution in [0.1, 0.15) is 6.42 Å². The molecular weight excluding hydrogens is 356 g/mol. The van der Waals surface area contributed by atoms with E-state index in [-0.39, 0.29) is 16.9 Å². The first-order chi connectivity index (χ1) is 12.6. The Morgan fingerprint density at radius 1 is 1.38 bits per heavy atom. The molecule has 1 aliphatic heterocycles. The minimum Gasteiger partial charge on any atom is -0.504 e. The lowest BCUT2D eigenvalue weighted by molar-refractivity contribution is 0.190. The highest BCUT2D eigenvalue weighted by Crippen LogP contribution is 2.39. The summed E-state index contributed by atoms with van der Waals surface area (Å²) in [6.07, 6.45) is 1.58. The Bertz CT molecular complexity index is 949. The average Bonchev–Trinajstić information content (AvgIpc) is 3.23. The van der Waals surface area contributed by atoms with Crippen molar-refractivity contribution in [3.8, 4) is 11.5 Å². The number of ether oxygens (including phenoxy) is 1. The van der Waals surface area contributed by atoms with Crippen molar-refractivity contribution >= 4 is 34.6 Å². The van der Waals surface area contributed by atoms with Gasteiger partial charge in [0.2, 0.25) is 5.95 Å². The molecule has 1 aromatic carbocycles. The van der Waals surface area contributed by atoms with Gasteiger partial charge in [-0.05, 0) is 18.6 Å². The van der Waals surface area contributed by atoms with E-state index >= 15 is 0 Å². The Hall–Kier alpha value is -2.72. The lowest BCUT2D eigenvalue weighted by Gasteiger charge is -2.25. The van der Waals surface area contributed by atoms with Gasteiger partial charge in [-0.15, -0.1) is 0 Å². The molecule has 5 N–H and O–H groups in total. The predicted molar refractivity (Wildman–Crippen MR) is 98.4 cm³/mol. The van der Waals surface area contributed by atoms with Gasteiger partial charge < -0.3 is 30.6 Å². The zero-order chi connectivity index (χ0) is 18.3. The van der Waals surface area contributed by atoms with E-state index in [0.29, 0.717) is 28.5 Å². The molecule has 26 heavy (non-hydrogen) atoms. The third-order valence-corrected chi connectivity index (χ3v) is 5.63. The Morgan fingerprint density at radius 2 is 2.23 bits per heavy atom. The summed E-state index contributed by atoms with van der Waals surface area (Å²) in [4.78, 5) is 17.4. The fourth-order valence-corrected chi connectivity index (χ4v) is 4.24. The molecule has 3 heterocycles. The molecule has 0 spiro atoms. The van der Waals surface area contributed by atoms with Crippen molar-refractivity contribution in [1.82, 2.24) is 19.9 Å². The number of phenolic OH excluding ortho intramolecular Hbond substituents is 1. The van der Waals surface area contributed by atoms with Crippen molar-refractivity contribution in [1.29, 1.82) is 0 Å². The Morgan fingerprint density at radius 3 is 3.04 bits per heavy atom. The van der Waals surface area contributed by atoms with E-state index in [4.69, 9.17) is 10.5 Å². The van der Waals surface area contributed by atoms with E-state index in [9.17, 15) is 10.2 Å². The van der Waals surface area contributed by atoms with Crippen molar-refractivity contribution in [2.75, 3.05) is 24.3 Å². The Balaban J connectivity index is 1.57. The highest BCUT2D eigenvalue weighted by Gasteiger charge is 2.34. The number of H-pyrrole nitrogens is 1. The zero-order valence-corrected chi connectivity index (χ0v) is 14.8. The number of hydrogen-bond acceptors (Lipinski definition) is 9. The van der Waals surface area contributed by atoms with Crippen LogP contribution in [0.5, 0.6) is 11.5 Å². The van der Waals surface area contributed by atoms with E-state index < -0.39 is 6.23 Å². The summed E-state index contributed by atoms with van der Waals surface area (Å²) in [5, 5.41) is 21.1.